The highest BCUT2D eigenvalue weighted by Crippen LogP contribution is 2.22. The Bertz CT molecular complexity index is 529. The summed E-state index contributed by atoms with van der Waals surface area (Å²) in [6.07, 6.45) is 2.22. The van der Waals surface area contributed by atoms with E-state index in [0.29, 0.717) is 17.2 Å². The summed E-state index contributed by atoms with van der Waals surface area (Å²) in [4.78, 5) is 36.8. The Balaban J connectivity index is 1.65. The molecule has 0 aromatic heterocycles. The summed E-state index contributed by atoms with van der Waals surface area (Å²) in [6.45, 7) is 0.144. The number of nitrogens with zero attached hydrogens (tertiary/aromatic N) is 1. The predicted molar refractivity (Wildman–Crippen MR) is 67.6 cm³/mol. The minimum absolute atomic E-state index is 0.0981. The third kappa shape index (κ3) is 2.23. The molecule has 0 radical (unpaired) electrons. The first-order valence-corrected chi connectivity index (χ1v) is 6.41. The largest absolute Gasteiger partial charge is 0.353 e. The summed E-state index contributed by atoms with van der Waals surface area (Å²) in [5.74, 6) is -0.710. The van der Waals surface area contributed by atoms with E-state index in [0.717, 1.165) is 17.7 Å². The maximum atomic E-state index is 12.0. The lowest BCUT2D eigenvalue weighted by Gasteiger charge is -2.13. The lowest BCUT2D eigenvalue weighted by molar-refractivity contribution is -0.121. The molecule has 1 aromatic rings. The highest BCUT2D eigenvalue weighted by atomic mass is 16.2. The molecule has 2 aliphatic rings. The zero-order valence-electron chi connectivity index (χ0n) is 10.4. The number of rotatable bonds is 4. The predicted octanol–water partition coefficient (Wildman–Crippen LogP) is 0.951. The molecule has 5 nitrogen and oxygen atoms in total. The SMILES string of the molecule is O=C(CCN1C(=O)c2ccccc2C1=O)NC1CC1. The van der Waals surface area contributed by atoms with E-state index in [1.165, 1.54) is 0 Å². The molecule has 0 spiro atoms. The maximum absolute atomic E-state index is 12.0. The van der Waals surface area contributed by atoms with Crippen LogP contribution >= 0.6 is 0 Å². The van der Waals surface area contributed by atoms with E-state index in [4.69, 9.17) is 0 Å². The van der Waals surface area contributed by atoms with Crippen molar-refractivity contribution in [2.24, 2.45) is 0 Å². The molecule has 5 heteroatoms. The van der Waals surface area contributed by atoms with Gasteiger partial charge < -0.3 is 5.32 Å². The zero-order valence-corrected chi connectivity index (χ0v) is 10.4. The van der Waals surface area contributed by atoms with Crippen LogP contribution in [-0.4, -0.2) is 35.2 Å². The molecule has 0 bridgehead atoms. The number of hydrogen-bond acceptors (Lipinski definition) is 3. The lowest BCUT2D eigenvalue weighted by atomic mass is 10.1. The Morgan fingerprint density at radius 3 is 2.26 bits per heavy atom. The number of nitrogens with one attached hydrogen (secondary N) is 1. The van der Waals surface area contributed by atoms with Gasteiger partial charge in [-0.25, -0.2) is 0 Å². The zero-order chi connectivity index (χ0) is 13.4. The molecule has 1 aromatic carbocycles. The first-order chi connectivity index (χ1) is 9.16. The number of carbonyl (C=O) groups excluding carboxylic acids is 3. The topological polar surface area (TPSA) is 66.5 Å². The highest BCUT2D eigenvalue weighted by molar-refractivity contribution is 6.21. The van der Waals surface area contributed by atoms with Crippen LogP contribution in [-0.2, 0) is 4.79 Å². The summed E-state index contributed by atoms with van der Waals surface area (Å²) >= 11 is 0. The standard InChI is InChI=1S/C14H14N2O3/c17-12(15-9-5-6-9)7-8-16-13(18)10-3-1-2-4-11(10)14(16)19/h1-4,9H,5-8H2,(H,15,17). The average molecular weight is 258 g/mol. The molecule has 1 fully saturated rings. The van der Waals surface area contributed by atoms with Crippen molar-refractivity contribution in [3.05, 3.63) is 35.4 Å². The Morgan fingerprint density at radius 1 is 1.16 bits per heavy atom. The molecule has 0 saturated heterocycles. The van der Waals surface area contributed by atoms with Gasteiger partial charge in [0.05, 0.1) is 11.1 Å². The van der Waals surface area contributed by atoms with Crippen LogP contribution in [0.3, 0.4) is 0 Å². The molecule has 3 amide bonds. The van der Waals surface area contributed by atoms with E-state index in [2.05, 4.69) is 5.32 Å². The van der Waals surface area contributed by atoms with E-state index in [1.807, 2.05) is 0 Å². The molecular formula is C14H14N2O3. The summed E-state index contributed by atoms with van der Waals surface area (Å²) in [5.41, 5.74) is 0.852. The smallest absolute Gasteiger partial charge is 0.261 e. The minimum Gasteiger partial charge on any atom is -0.353 e. The van der Waals surface area contributed by atoms with Gasteiger partial charge in [0.2, 0.25) is 5.91 Å². The van der Waals surface area contributed by atoms with Crippen molar-refractivity contribution in [1.82, 2.24) is 10.2 Å². The first-order valence-electron chi connectivity index (χ1n) is 6.41. The second-order valence-corrected chi connectivity index (χ2v) is 4.90. The van der Waals surface area contributed by atoms with E-state index in [9.17, 15) is 14.4 Å². The second-order valence-electron chi connectivity index (χ2n) is 4.90. The third-order valence-corrected chi connectivity index (χ3v) is 3.38. The number of fused-ring (bicyclic) bond motifs is 1. The minimum atomic E-state index is -0.306. The molecular weight excluding hydrogens is 244 g/mol. The van der Waals surface area contributed by atoms with Crippen molar-refractivity contribution in [2.45, 2.75) is 25.3 Å². The molecule has 1 aliphatic heterocycles. The van der Waals surface area contributed by atoms with E-state index >= 15 is 0 Å². The molecule has 0 unspecified atom stereocenters. The number of hydrogen-bond donors (Lipinski definition) is 1. The number of benzene rings is 1. The molecule has 0 atom stereocenters. The van der Waals surface area contributed by atoms with Crippen molar-refractivity contribution in [3.63, 3.8) is 0 Å². The van der Waals surface area contributed by atoms with Crippen molar-refractivity contribution >= 4 is 17.7 Å². The van der Waals surface area contributed by atoms with Gasteiger partial charge in [-0.1, -0.05) is 12.1 Å². The van der Waals surface area contributed by atoms with Gasteiger partial charge in [-0.2, -0.15) is 0 Å². The van der Waals surface area contributed by atoms with Crippen molar-refractivity contribution < 1.29 is 14.4 Å². The first kappa shape index (κ1) is 11.9. The van der Waals surface area contributed by atoms with Crippen LogP contribution in [0.25, 0.3) is 0 Å². The summed E-state index contributed by atoms with van der Waals surface area (Å²) < 4.78 is 0. The molecule has 1 N–H and O–H groups in total. The highest BCUT2D eigenvalue weighted by Gasteiger charge is 2.35. The molecule has 1 saturated carbocycles. The van der Waals surface area contributed by atoms with Crippen LogP contribution in [0, 0.1) is 0 Å². The Morgan fingerprint density at radius 2 is 1.74 bits per heavy atom. The summed E-state index contributed by atoms with van der Waals surface area (Å²) in [6, 6.07) is 7.04. The molecule has 98 valence electrons. The fraction of sp³-hybridized carbons (Fsp3) is 0.357. The molecule has 19 heavy (non-hydrogen) atoms. The Labute approximate surface area is 110 Å². The Kier molecular flexibility index (Phi) is 2.81. The Hall–Kier alpha value is -2.17. The van der Waals surface area contributed by atoms with Gasteiger partial charge in [0.25, 0.3) is 11.8 Å². The molecule has 1 heterocycles. The van der Waals surface area contributed by atoms with Gasteiger partial charge >= 0.3 is 0 Å². The number of carbonyl (C=O) groups is 3. The molecule has 3 rings (SSSR count). The lowest BCUT2D eigenvalue weighted by Crippen LogP contribution is -2.35. The van der Waals surface area contributed by atoms with Crippen LogP contribution in [0.15, 0.2) is 24.3 Å². The normalized spacial score (nSPS) is 17.6. The second kappa shape index (κ2) is 4.50. The van der Waals surface area contributed by atoms with Gasteiger partial charge in [-0.15, -0.1) is 0 Å². The quantitative estimate of drug-likeness (QED) is 0.818. The van der Waals surface area contributed by atoms with E-state index in [-0.39, 0.29) is 30.7 Å². The summed E-state index contributed by atoms with van der Waals surface area (Å²) in [5, 5.41) is 2.84. The van der Waals surface area contributed by atoms with Crippen molar-refractivity contribution in [2.75, 3.05) is 6.54 Å². The van der Waals surface area contributed by atoms with Gasteiger partial charge in [-0.05, 0) is 25.0 Å². The number of imide groups is 1. The van der Waals surface area contributed by atoms with Gasteiger partial charge in [0, 0.05) is 19.0 Å². The van der Waals surface area contributed by atoms with Crippen molar-refractivity contribution in [3.8, 4) is 0 Å². The van der Waals surface area contributed by atoms with Crippen LogP contribution < -0.4 is 5.32 Å². The maximum Gasteiger partial charge on any atom is 0.261 e. The van der Waals surface area contributed by atoms with Gasteiger partial charge in [-0.3, -0.25) is 19.3 Å². The van der Waals surface area contributed by atoms with Gasteiger partial charge in [0.15, 0.2) is 0 Å². The number of amides is 3. The van der Waals surface area contributed by atoms with Crippen LogP contribution in [0.1, 0.15) is 40.0 Å². The fourth-order valence-corrected chi connectivity index (χ4v) is 2.18. The summed E-state index contributed by atoms with van der Waals surface area (Å²) in [7, 11) is 0. The van der Waals surface area contributed by atoms with Crippen molar-refractivity contribution in [1.29, 1.82) is 0 Å². The van der Waals surface area contributed by atoms with Crippen LogP contribution in [0.2, 0.25) is 0 Å². The van der Waals surface area contributed by atoms with Gasteiger partial charge in [0.1, 0.15) is 0 Å². The van der Waals surface area contributed by atoms with E-state index < -0.39 is 0 Å². The monoisotopic (exact) mass is 258 g/mol. The average Bonchev–Trinajstić information content (AvgIpc) is 3.18. The van der Waals surface area contributed by atoms with Crippen LogP contribution in [0.4, 0.5) is 0 Å². The van der Waals surface area contributed by atoms with Crippen LogP contribution in [0.5, 0.6) is 0 Å². The fourth-order valence-electron chi connectivity index (χ4n) is 2.18. The third-order valence-electron chi connectivity index (χ3n) is 3.38. The van der Waals surface area contributed by atoms with E-state index in [1.54, 1.807) is 24.3 Å². The molecule has 1 aliphatic carbocycles.